The number of carbonyl (C=O) groups excluding carboxylic acids is 1. The van der Waals surface area contributed by atoms with Crippen molar-refractivity contribution < 1.29 is 4.79 Å². The molecule has 1 N–H and O–H groups in total. The summed E-state index contributed by atoms with van der Waals surface area (Å²) in [5.74, 6) is 0.205. The summed E-state index contributed by atoms with van der Waals surface area (Å²) in [5, 5.41) is 3.25. The first-order chi connectivity index (χ1) is 8.76. The fourth-order valence-corrected chi connectivity index (χ4v) is 2.66. The van der Waals surface area contributed by atoms with Crippen molar-refractivity contribution in [3.8, 4) is 0 Å². The lowest BCUT2D eigenvalue weighted by molar-refractivity contribution is -0.129. The zero-order valence-electron chi connectivity index (χ0n) is 11.0. The topological polar surface area (TPSA) is 32.3 Å². The minimum atomic E-state index is 0.205. The molecule has 4 heteroatoms. The van der Waals surface area contributed by atoms with Crippen LogP contribution in [0.1, 0.15) is 19.8 Å². The van der Waals surface area contributed by atoms with Gasteiger partial charge in [0.25, 0.3) is 0 Å². The van der Waals surface area contributed by atoms with Gasteiger partial charge in [0.2, 0.25) is 5.91 Å². The van der Waals surface area contributed by atoms with Crippen molar-refractivity contribution in [3.05, 3.63) is 24.3 Å². The average molecular weight is 264 g/mol. The average Bonchev–Trinajstić information content (AvgIpc) is 3.22. The fraction of sp³-hybridized carbons (Fsp3) is 0.500. The number of likely N-dealkylation sites (N-methyl/N-ethyl adjacent to an activating group) is 1. The second-order valence-electron chi connectivity index (χ2n) is 4.46. The van der Waals surface area contributed by atoms with Crippen LogP contribution in [0.5, 0.6) is 0 Å². The lowest BCUT2D eigenvalue weighted by Gasteiger charge is -2.21. The van der Waals surface area contributed by atoms with E-state index >= 15 is 0 Å². The summed E-state index contributed by atoms with van der Waals surface area (Å²) in [7, 11) is 0. The predicted octanol–water partition coefficient (Wildman–Crippen LogP) is 2.83. The highest BCUT2D eigenvalue weighted by Gasteiger charge is 2.30. The molecular weight excluding hydrogens is 244 g/mol. The van der Waals surface area contributed by atoms with Crippen molar-refractivity contribution in [3.63, 3.8) is 0 Å². The summed E-state index contributed by atoms with van der Waals surface area (Å²) in [6, 6.07) is 8.59. The van der Waals surface area contributed by atoms with Gasteiger partial charge in [-0.1, -0.05) is 12.1 Å². The molecule has 0 aliphatic heterocycles. The van der Waals surface area contributed by atoms with Crippen LogP contribution in [0.4, 0.5) is 5.69 Å². The molecule has 0 unspecified atom stereocenters. The smallest absolute Gasteiger partial charge is 0.242 e. The molecular formula is C14H20N2OS. The first kappa shape index (κ1) is 13.3. The van der Waals surface area contributed by atoms with Gasteiger partial charge < -0.3 is 10.2 Å². The minimum absolute atomic E-state index is 0.205. The van der Waals surface area contributed by atoms with Gasteiger partial charge in [-0.25, -0.2) is 0 Å². The Morgan fingerprint density at radius 1 is 1.44 bits per heavy atom. The Labute approximate surface area is 113 Å². The van der Waals surface area contributed by atoms with E-state index in [2.05, 4.69) is 11.4 Å². The van der Waals surface area contributed by atoms with E-state index in [0.29, 0.717) is 12.6 Å². The van der Waals surface area contributed by atoms with Crippen molar-refractivity contribution in [1.82, 2.24) is 4.90 Å². The Morgan fingerprint density at radius 3 is 2.78 bits per heavy atom. The van der Waals surface area contributed by atoms with E-state index in [4.69, 9.17) is 0 Å². The van der Waals surface area contributed by atoms with Crippen molar-refractivity contribution in [2.24, 2.45) is 0 Å². The first-order valence-electron chi connectivity index (χ1n) is 6.42. The highest BCUT2D eigenvalue weighted by Crippen LogP contribution is 2.27. The molecule has 3 nitrogen and oxygen atoms in total. The van der Waals surface area contributed by atoms with E-state index in [1.54, 1.807) is 11.8 Å². The molecule has 0 heterocycles. The third-order valence-corrected chi connectivity index (χ3v) is 3.98. The maximum Gasteiger partial charge on any atom is 0.242 e. The molecule has 1 saturated carbocycles. The van der Waals surface area contributed by atoms with Gasteiger partial charge in [-0.05, 0) is 38.2 Å². The Bertz CT molecular complexity index is 418. The van der Waals surface area contributed by atoms with Crippen molar-refractivity contribution in [2.45, 2.75) is 30.7 Å². The van der Waals surface area contributed by atoms with Crippen LogP contribution < -0.4 is 5.32 Å². The van der Waals surface area contributed by atoms with E-state index in [9.17, 15) is 4.79 Å². The molecule has 0 radical (unpaired) electrons. The van der Waals surface area contributed by atoms with Crippen molar-refractivity contribution in [2.75, 3.05) is 24.7 Å². The third-order valence-electron chi connectivity index (χ3n) is 3.19. The monoisotopic (exact) mass is 264 g/mol. The summed E-state index contributed by atoms with van der Waals surface area (Å²) in [5.41, 5.74) is 1.05. The van der Waals surface area contributed by atoms with Crippen LogP contribution in [-0.2, 0) is 4.79 Å². The summed E-state index contributed by atoms with van der Waals surface area (Å²) in [6.07, 6.45) is 4.38. The van der Waals surface area contributed by atoms with Crippen LogP contribution in [-0.4, -0.2) is 36.2 Å². The number of benzene rings is 1. The summed E-state index contributed by atoms with van der Waals surface area (Å²) < 4.78 is 0. The highest BCUT2D eigenvalue weighted by molar-refractivity contribution is 7.98. The molecule has 0 bridgehead atoms. The van der Waals surface area contributed by atoms with Gasteiger partial charge in [-0.2, -0.15) is 0 Å². The normalized spacial score (nSPS) is 14.3. The van der Waals surface area contributed by atoms with Crippen molar-refractivity contribution >= 4 is 23.4 Å². The van der Waals surface area contributed by atoms with Gasteiger partial charge in [0.1, 0.15) is 0 Å². The SMILES string of the molecule is CCN(C(=O)CNc1ccccc1SC)C1CC1. The van der Waals surface area contributed by atoms with Gasteiger partial charge in [-0.3, -0.25) is 4.79 Å². The maximum atomic E-state index is 12.1. The summed E-state index contributed by atoms with van der Waals surface area (Å²) in [4.78, 5) is 15.2. The van der Waals surface area contributed by atoms with E-state index in [1.807, 2.05) is 36.3 Å². The quantitative estimate of drug-likeness (QED) is 0.802. The molecule has 0 aromatic heterocycles. The molecule has 1 fully saturated rings. The lowest BCUT2D eigenvalue weighted by atomic mass is 10.3. The number of carbonyl (C=O) groups is 1. The first-order valence-corrected chi connectivity index (χ1v) is 7.65. The predicted molar refractivity (Wildman–Crippen MR) is 77.1 cm³/mol. The highest BCUT2D eigenvalue weighted by atomic mass is 32.2. The van der Waals surface area contributed by atoms with Gasteiger partial charge >= 0.3 is 0 Å². The van der Waals surface area contributed by atoms with Crippen LogP contribution in [0.2, 0.25) is 0 Å². The molecule has 1 amide bonds. The zero-order valence-corrected chi connectivity index (χ0v) is 11.8. The van der Waals surface area contributed by atoms with Gasteiger partial charge in [0.15, 0.2) is 0 Å². The van der Waals surface area contributed by atoms with E-state index in [0.717, 1.165) is 12.2 Å². The molecule has 0 atom stereocenters. The molecule has 1 aromatic rings. The molecule has 2 rings (SSSR count). The molecule has 1 aromatic carbocycles. The van der Waals surface area contributed by atoms with Gasteiger partial charge in [0.05, 0.1) is 6.54 Å². The van der Waals surface area contributed by atoms with Crippen LogP contribution in [0, 0.1) is 0 Å². The number of nitrogens with zero attached hydrogens (tertiary/aromatic N) is 1. The number of rotatable bonds is 6. The van der Waals surface area contributed by atoms with Crippen LogP contribution in [0.15, 0.2) is 29.2 Å². The molecule has 18 heavy (non-hydrogen) atoms. The Morgan fingerprint density at radius 2 is 2.17 bits per heavy atom. The molecule has 0 saturated heterocycles. The largest absolute Gasteiger partial charge is 0.375 e. The number of thioether (sulfide) groups is 1. The number of hydrogen-bond acceptors (Lipinski definition) is 3. The number of anilines is 1. The lowest BCUT2D eigenvalue weighted by Crippen LogP contribution is -2.37. The molecule has 0 spiro atoms. The van der Waals surface area contributed by atoms with E-state index in [1.165, 1.54) is 17.7 Å². The van der Waals surface area contributed by atoms with Gasteiger partial charge in [0, 0.05) is 23.2 Å². The van der Waals surface area contributed by atoms with Gasteiger partial charge in [-0.15, -0.1) is 11.8 Å². The fourth-order valence-electron chi connectivity index (χ4n) is 2.09. The standard InChI is InChI=1S/C14H20N2OS/c1-3-16(11-8-9-11)14(17)10-15-12-6-4-5-7-13(12)18-2/h4-7,11,15H,3,8-10H2,1-2H3. The molecule has 1 aliphatic carbocycles. The van der Waals surface area contributed by atoms with Crippen molar-refractivity contribution in [1.29, 1.82) is 0 Å². The number of para-hydroxylation sites is 1. The summed E-state index contributed by atoms with van der Waals surface area (Å²) >= 11 is 1.69. The maximum absolute atomic E-state index is 12.1. The van der Waals surface area contributed by atoms with E-state index in [-0.39, 0.29) is 5.91 Å². The Balaban J connectivity index is 1.92. The molecule has 1 aliphatic rings. The molecule has 98 valence electrons. The second-order valence-corrected chi connectivity index (χ2v) is 5.31. The summed E-state index contributed by atoms with van der Waals surface area (Å²) in [6.45, 7) is 3.25. The Kier molecular flexibility index (Phi) is 4.53. The second kappa shape index (κ2) is 6.14. The minimum Gasteiger partial charge on any atom is -0.375 e. The van der Waals surface area contributed by atoms with E-state index < -0.39 is 0 Å². The van der Waals surface area contributed by atoms with Crippen LogP contribution in [0.25, 0.3) is 0 Å². The number of hydrogen-bond donors (Lipinski definition) is 1. The van der Waals surface area contributed by atoms with Crippen LogP contribution >= 0.6 is 11.8 Å². The Hall–Kier alpha value is -1.16. The number of amides is 1. The number of nitrogens with one attached hydrogen (secondary N) is 1. The zero-order chi connectivity index (χ0) is 13.0. The van der Waals surface area contributed by atoms with Crippen LogP contribution in [0.3, 0.4) is 0 Å². The third kappa shape index (κ3) is 3.19.